The van der Waals surface area contributed by atoms with Gasteiger partial charge in [0.1, 0.15) is 5.72 Å². The van der Waals surface area contributed by atoms with Crippen LogP contribution in [0.1, 0.15) is 31.1 Å². The molecule has 0 N–H and O–H groups in total. The molecular weight excluding hydrogens is 246 g/mol. The molecule has 0 aliphatic carbocycles. The molecule has 1 saturated heterocycles. The van der Waals surface area contributed by atoms with Crippen molar-refractivity contribution in [2.75, 3.05) is 6.54 Å². The summed E-state index contributed by atoms with van der Waals surface area (Å²) in [6, 6.07) is 21.1. The molecule has 2 aromatic rings. The Morgan fingerprint density at radius 3 is 2.25 bits per heavy atom. The van der Waals surface area contributed by atoms with Crippen LogP contribution in [-0.2, 0) is 11.3 Å². The fraction of sp³-hybridized carbons (Fsp3) is 0.333. The Kier molecular flexibility index (Phi) is 3.60. The van der Waals surface area contributed by atoms with Crippen LogP contribution in [0.25, 0.3) is 0 Å². The fourth-order valence-corrected chi connectivity index (χ4v) is 2.78. The summed E-state index contributed by atoms with van der Waals surface area (Å²) in [6.45, 7) is 6.17. The first kappa shape index (κ1) is 13.3. The number of hydrogen-bond acceptors (Lipinski definition) is 2. The zero-order valence-electron chi connectivity index (χ0n) is 12.1. The van der Waals surface area contributed by atoms with Crippen molar-refractivity contribution in [3.05, 3.63) is 71.8 Å². The van der Waals surface area contributed by atoms with Gasteiger partial charge in [-0.05, 0) is 25.0 Å². The third kappa shape index (κ3) is 2.77. The van der Waals surface area contributed by atoms with Crippen LogP contribution in [0.4, 0.5) is 0 Å². The van der Waals surface area contributed by atoms with E-state index in [0.717, 1.165) is 13.1 Å². The highest BCUT2D eigenvalue weighted by Crippen LogP contribution is 2.36. The van der Waals surface area contributed by atoms with Gasteiger partial charge in [0.05, 0.1) is 6.10 Å². The van der Waals surface area contributed by atoms with Crippen LogP contribution < -0.4 is 0 Å². The van der Waals surface area contributed by atoms with Gasteiger partial charge in [-0.15, -0.1) is 0 Å². The Morgan fingerprint density at radius 2 is 1.60 bits per heavy atom. The van der Waals surface area contributed by atoms with E-state index in [9.17, 15) is 0 Å². The summed E-state index contributed by atoms with van der Waals surface area (Å²) in [6.07, 6.45) is 0.162. The molecule has 1 heterocycles. The molecule has 1 fully saturated rings. The maximum Gasteiger partial charge on any atom is 0.117 e. The van der Waals surface area contributed by atoms with Crippen LogP contribution in [0.2, 0.25) is 0 Å². The third-order valence-corrected chi connectivity index (χ3v) is 3.97. The van der Waals surface area contributed by atoms with E-state index < -0.39 is 0 Å². The monoisotopic (exact) mass is 267 g/mol. The molecule has 1 aliphatic heterocycles. The Bertz CT molecular complexity index is 550. The number of benzene rings is 2. The molecule has 1 unspecified atom stereocenters. The number of nitrogens with zero attached hydrogens (tertiary/aromatic N) is 1. The zero-order chi connectivity index (χ0) is 14.0. The van der Waals surface area contributed by atoms with Gasteiger partial charge in [0.2, 0.25) is 0 Å². The van der Waals surface area contributed by atoms with Crippen molar-refractivity contribution < 1.29 is 4.74 Å². The second kappa shape index (κ2) is 5.39. The van der Waals surface area contributed by atoms with Crippen LogP contribution in [0.3, 0.4) is 0 Å². The third-order valence-electron chi connectivity index (χ3n) is 3.97. The highest BCUT2D eigenvalue weighted by molar-refractivity contribution is 5.20. The minimum atomic E-state index is -0.226. The van der Waals surface area contributed by atoms with E-state index in [2.05, 4.69) is 73.3 Å². The standard InChI is InChI=1S/C18H21NO/c1-18(2)19(13-15-9-5-3-6-10-15)14-17(20-18)16-11-7-4-8-12-16/h3-12,17H,13-14H2,1-2H3. The van der Waals surface area contributed by atoms with Crippen molar-refractivity contribution in [2.45, 2.75) is 32.2 Å². The van der Waals surface area contributed by atoms with Gasteiger partial charge in [-0.2, -0.15) is 0 Å². The smallest absolute Gasteiger partial charge is 0.117 e. The Balaban J connectivity index is 1.76. The van der Waals surface area contributed by atoms with Crippen molar-refractivity contribution in [3.63, 3.8) is 0 Å². The zero-order valence-corrected chi connectivity index (χ0v) is 12.1. The summed E-state index contributed by atoms with van der Waals surface area (Å²) in [5, 5.41) is 0. The summed E-state index contributed by atoms with van der Waals surface area (Å²) in [4.78, 5) is 2.40. The molecule has 0 amide bonds. The molecule has 0 saturated carbocycles. The molecule has 2 heteroatoms. The van der Waals surface area contributed by atoms with Gasteiger partial charge in [-0.3, -0.25) is 4.90 Å². The van der Waals surface area contributed by atoms with Gasteiger partial charge in [0.25, 0.3) is 0 Å². The van der Waals surface area contributed by atoms with Crippen LogP contribution in [-0.4, -0.2) is 17.2 Å². The molecule has 1 aliphatic rings. The maximum absolute atomic E-state index is 6.25. The van der Waals surface area contributed by atoms with Crippen molar-refractivity contribution in [3.8, 4) is 0 Å². The van der Waals surface area contributed by atoms with Gasteiger partial charge in [-0.25, -0.2) is 0 Å². The molecular formula is C18H21NO. The van der Waals surface area contributed by atoms with Gasteiger partial charge in [0, 0.05) is 13.1 Å². The van der Waals surface area contributed by atoms with Crippen molar-refractivity contribution in [2.24, 2.45) is 0 Å². The summed E-state index contributed by atoms with van der Waals surface area (Å²) in [5.41, 5.74) is 2.37. The first-order chi connectivity index (χ1) is 9.65. The van der Waals surface area contributed by atoms with E-state index in [1.807, 2.05) is 6.07 Å². The summed E-state index contributed by atoms with van der Waals surface area (Å²) < 4.78 is 6.25. The Labute approximate surface area is 121 Å². The van der Waals surface area contributed by atoms with E-state index in [0.29, 0.717) is 0 Å². The van der Waals surface area contributed by atoms with Crippen LogP contribution in [0, 0.1) is 0 Å². The predicted molar refractivity (Wildman–Crippen MR) is 81.2 cm³/mol. The lowest BCUT2D eigenvalue weighted by Crippen LogP contribution is -2.38. The van der Waals surface area contributed by atoms with Crippen LogP contribution >= 0.6 is 0 Å². The Hall–Kier alpha value is -1.64. The van der Waals surface area contributed by atoms with Crippen LogP contribution in [0.15, 0.2) is 60.7 Å². The molecule has 20 heavy (non-hydrogen) atoms. The van der Waals surface area contributed by atoms with Crippen molar-refractivity contribution in [1.82, 2.24) is 4.90 Å². The molecule has 2 nitrogen and oxygen atoms in total. The minimum Gasteiger partial charge on any atom is -0.352 e. The lowest BCUT2D eigenvalue weighted by atomic mass is 10.1. The van der Waals surface area contributed by atoms with Crippen LogP contribution in [0.5, 0.6) is 0 Å². The van der Waals surface area contributed by atoms with E-state index in [1.54, 1.807) is 0 Å². The van der Waals surface area contributed by atoms with E-state index >= 15 is 0 Å². The molecule has 0 spiro atoms. The predicted octanol–water partition coefficient (Wildman–Crippen LogP) is 4.00. The highest BCUT2D eigenvalue weighted by Gasteiger charge is 2.39. The fourth-order valence-electron chi connectivity index (χ4n) is 2.78. The molecule has 1 atom stereocenters. The van der Waals surface area contributed by atoms with E-state index in [1.165, 1.54) is 11.1 Å². The van der Waals surface area contributed by atoms with Gasteiger partial charge in [-0.1, -0.05) is 60.7 Å². The lowest BCUT2D eigenvalue weighted by Gasteiger charge is -2.29. The second-order valence-corrected chi connectivity index (χ2v) is 5.83. The first-order valence-corrected chi connectivity index (χ1v) is 7.17. The van der Waals surface area contributed by atoms with E-state index in [-0.39, 0.29) is 11.8 Å². The maximum atomic E-state index is 6.25. The van der Waals surface area contributed by atoms with Gasteiger partial charge < -0.3 is 4.74 Å². The number of rotatable bonds is 3. The molecule has 104 valence electrons. The number of hydrogen-bond donors (Lipinski definition) is 0. The topological polar surface area (TPSA) is 12.5 Å². The molecule has 3 rings (SSSR count). The average molecular weight is 267 g/mol. The molecule has 0 bridgehead atoms. The highest BCUT2D eigenvalue weighted by atomic mass is 16.5. The normalized spacial score (nSPS) is 22.0. The summed E-state index contributed by atoms with van der Waals surface area (Å²) in [5.74, 6) is 0. The van der Waals surface area contributed by atoms with Gasteiger partial charge >= 0.3 is 0 Å². The van der Waals surface area contributed by atoms with Crippen molar-refractivity contribution >= 4 is 0 Å². The molecule has 2 aromatic carbocycles. The number of ether oxygens (including phenoxy) is 1. The second-order valence-electron chi connectivity index (χ2n) is 5.83. The first-order valence-electron chi connectivity index (χ1n) is 7.17. The summed E-state index contributed by atoms with van der Waals surface area (Å²) in [7, 11) is 0. The lowest BCUT2D eigenvalue weighted by molar-refractivity contribution is -0.0791. The van der Waals surface area contributed by atoms with Gasteiger partial charge in [0.15, 0.2) is 0 Å². The quantitative estimate of drug-likeness (QED) is 0.833. The SMILES string of the molecule is CC1(C)OC(c2ccccc2)CN1Cc1ccccc1. The molecule has 0 aromatic heterocycles. The minimum absolute atomic E-state index is 0.162. The molecule has 0 radical (unpaired) electrons. The van der Waals surface area contributed by atoms with E-state index in [4.69, 9.17) is 4.74 Å². The summed E-state index contributed by atoms with van der Waals surface area (Å²) >= 11 is 0. The van der Waals surface area contributed by atoms with Crippen molar-refractivity contribution in [1.29, 1.82) is 0 Å². The average Bonchev–Trinajstić information content (AvgIpc) is 2.76. The largest absolute Gasteiger partial charge is 0.352 e. The Morgan fingerprint density at radius 1 is 1.00 bits per heavy atom.